The number of ether oxygens (including phenoxy) is 1. The lowest BCUT2D eigenvalue weighted by molar-refractivity contribution is 0.182. The molecule has 1 aromatic carbocycles. The number of methoxy groups -OCH3 is 1. The highest BCUT2D eigenvalue weighted by Crippen LogP contribution is 2.32. The lowest BCUT2D eigenvalue weighted by Crippen LogP contribution is -1.97. The van der Waals surface area contributed by atoms with E-state index in [1.165, 1.54) is 0 Å². The van der Waals surface area contributed by atoms with Crippen LogP contribution in [-0.4, -0.2) is 12.1 Å². The van der Waals surface area contributed by atoms with E-state index in [4.69, 9.17) is 33.7 Å². The Bertz CT molecular complexity index is 543. The van der Waals surface area contributed by atoms with Gasteiger partial charge in [-0.2, -0.15) is 0 Å². The molecule has 2 N–H and O–H groups in total. The minimum atomic E-state index is 0.392. The van der Waals surface area contributed by atoms with Crippen LogP contribution in [0, 0.1) is 0 Å². The van der Waals surface area contributed by atoms with Crippen LogP contribution in [0.1, 0.15) is 5.69 Å². The zero-order valence-electron chi connectivity index (χ0n) is 8.63. The average molecular weight is 257 g/mol. The first-order valence-corrected chi connectivity index (χ1v) is 5.41. The molecule has 16 heavy (non-hydrogen) atoms. The van der Waals surface area contributed by atoms with E-state index in [0.29, 0.717) is 27.9 Å². The molecule has 0 amide bonds. The maximum Gasteiger partial charge on any atom is 0.0928 e. The Kier molecular flexibility index (Phi) is 3.19. The molecule has 0 atom stereocenters. The summed E-state index contributed by atoms with van der Waals surface area (Å²) in [6.07, 6.45) is 0. The van der Waals surface area contributed by atoms with Gasteiger partial charge in [0.2, 0.25) is 0 Å². The SMILES string of the molecule is COCc1cc(N)c2ccc(Cl)c(Cl)c2n1. The number of anilines is 1. The maximum atomic E-state index is 6.08. The number of rotatable bonds is 2. The predicted molar refractivity (Wildman–Crippen MR) is 66.9 cm³/mol. The molecular formula is C11H10Cl2N2O. The van der Waals surface area contributed by atoms with Gasteiger partial charge in [-0.15, -0.1) is 0 Å². The van der Waals surface area contributed by atoms with Crippen molar-refractivity contribution in [3.8, 4) is 0 Å². The summed E-state index contributed by atoms with van der Waals surface area (Å²) in [6, 6.07) is 5.29. The summed E-state index contributed by atoms with van der Waals surface area (Å²) in [5.41, 5.74) is 7.88. The zero-order valence-corrected chi connectivity index (χ0v) is 10.1. The second-order valence-electron chi connectivity index (χ2n) is 3.39. The molecule has 2 rings (SSSR count). The van der Waals surface area contributed by atoms with Gasteiger partial charge in [0.25, 0.3) is 0 Å². The van der Waals surface area contributed by atoms with Crippen LogP contribution in [0.15, 0.2) is 18.2 Å². The van der Waals surface area contributed by atoms with Gasteiger partial charge >= 0.3 is 0 Å². The minimum Gasteiger partial charge on any atom is -0.398 e. The van der Waals surface area contributed by atoms with E-state index < -0.39 is 0 Å². The van der Waals surface area contributed by atoms with Crippen LogP contribution in [0.2, 0.25) is 10.0 Å². The lowest BCUT2D eigenvalue weighted by atomic mass is 10.1. The van der Waals surface area contributed by atoms with E-state index >= 15 is 0 Å². The first kappa shape index (κ1) is 11.5. The highest BCUT2D eigenvalue weighted by molar-refractivity contribution is 6.45. The van der Waals surface area contributed by atoms with E-state index in [-0.39, 0.29) is 0 Å². The molecule has 1 heterocycles. The quantitative estimate of drug-likeness (QED) is 0.898. The molecule has 2 aromatic rings. The first-order valence-electron chi connectivity index (χ1n) is 4.65. The van der Waals surface area contributed by atoms with Crippen LogP contribution in [0.25, 0.3) is 10.9 Å². The fraction of sp³-hybridized carbons (Fsp3) is 0.182. The van der Waals surface area contributed by atoms with Crippen LogP contribution in [0.3, 0.4) is 0 Å². The molecule has 0 aliphatic carbocycles. The number of pyridine rings is 1. The monoisotopic (exact) mass is 256 g/mol. The zero-order chi connectivity index (χ0) is 11.7. The number of fused-ring (bicyclic) bond motifs is 1. The Labute approximate surface area is 103 Å². The number of aromatic nitrogens is 1. The molecule has 1 aromatic heterocycles. The van der Waals surface area contributed by atoms with Gasteiger partial charge in [-0.1, -0.05) is 23.2 Å². The molecule has 0 bridgehead atoms. The van der Waals surface area contributed by atoms with E-state index in [0.717, 1.165) is 11.1 Å². The smallest absolute Gasteiger partial charge is 0.0928 e. The van der Waals surface area contributed by atoms with Crippen molar-refractivity contribution in [2.45, 2.75) is 6.61 Å². The highest BCUT2D eigenvalue weighted by Gasteiger charge is 2.09. The Morgan fingerprint density at radius 3 is 2.81 bits per heavy atom. The van der Waals surface area contributed by atoms with Crippen LogP contribution in [-0.2, 0) is 11.3 Å². The number of nitrogen functional groups attached to an aromatic ring is 1. The Morgan fingerprint density at radius 2 is 2.12 bits per heavy atom. The number of nitrogens with two attached hydrogens (primary N) is 1. The summed E-state index contributed by atoms with van der Waals surface area (Å²) in [5, 5.41) is 1.69. The third kappa shape index (κ3) is 1.94. The van der Waals surface area contributed by atoms with Gasteiger partial charge in [0.05, 0.1) is 27.9 Å². The van der Waals surface area contributed by atoms with Crippen LogP contribution < -0.4 is 5.73 Å². The van der Waals surface area contributed by atoms with E-state index in [1.54, 1.807) is 19.2 Å². The summed E-state index contributed by atoms with van der Waals surface area (Å²) < 4.78 is 5.01. The molecule has 0 radical (unpaired) electrons. The predicted octanol–water partition coefficient (Wildman–Crippen LogP) is 3.27. The summed E-state index contributed by atoms with van der Waals surface area (Å²) >= 11 is 12.0. The van der Waals surface area contributed by atoms with Gasteiger partial charge < -0.3 is 10.5 Å². The van der Waals surface area contributed by atoms with Gasteiger partial charge in [-0.3, -0.25) is 0 Å². The van der Waals surface area contributed by atoms with Gasteiger partial charge in [0.15, 0.2) is 0 Å². The number of hydrogen-bond donors (Lipinski definition) is 1. The number of benzene rings is 1. The standard InChI is InChI=1S/C11H10Cl2N2O/c1-16-5-6-4-9(14)7-2-3-8(12)10(13)11(7)15-6/h2-4H,5H2,1H3,(H2,14,15). The highest BCUT2D eigenvalue weighted by atomic mass is 35.5. The maximum absolute atomic E-state index is 6.08. The summed E-state index contributed by atoms with van der Waals surface area (Å²) in [7, 11) is 1.60. The average Bonchev–Trinajstić information content (AvgIpc) is 2.25. The Hall–Kier alpha value is -1.03. The molecule has 0 saturated carbocycles. The second kappa shape index (κ2) is 4.45. The fourth-order valence-corrected chi connectivity index (χ4v) is 1.90. The van der Waals surface area contributed by atoms with Crippen molar-refractivity contribution in [3.05, 3.63) is 33.9 Å². The van der Waals surface area contributed by atoms with Crippen molar-refractivity contribution in [2.24, 2.45) is 0 Å². The number of nitrogens with zero attached hydrogens (tertiary/aromatic N) is 1. The molecule has 0 aliphatic heterocycles. The second-order valence-corrected chi connectivity index (χ2v) is 4.18. The number of halogens is 2. The van der Waals surface area contributed by atoms with Gasteiger partial charge in [-0.05, 0) is 18.2 Å². The van der Waals surface area contributed by atoms with Gasteiger partial charge in [0, 0.05) is 18.2 Å². The van der Waals surface area contributed by atoms with E-state index in [9.17, 15) is 0 Å². The molecule has 0 unspecified atom stereocenters. The lowest BCUT2D eigenvalue weighted by Gasteiger charge is -2.07. The summed E-state index contributed by atoms with van der Waals surface area (Å²) in [5.74, 6) is 0. The molecule has 0 fully saturated rings. The van der Waals surface area contributed by atoms with Crippen LogP contribution >= 0.6 is 23.2 Å². The number of hydrogen-bond acceptors (Lipinski definition) is 3. The van der Waals surface area contributed by atoms with Gasteiger partial charge in [-0.25, -0.2) is 4.98 Å². The largest absolute Gasteiger partial charge is 0.398 e. The molecule has 0 saturated heterocycles. The first-order chi connectivity index (χ1) is 7.63. The fourth-order valence-electron chi connectivity index (χ4n) is 1.54. The van der Waals surface area contributed by atoms with Crippen molar-refractivity contribution in [2.75, 3.05) is 12.8 Å². The molecule has 0 spiro atoms. The molecule has 5 heteroatoms. The molecule has 0 aliphatic rings. The normalized spacial score (nSPS) is 10.9. The van der Waals surface area contributed by atoms with E-state index in [1.807, 2.05) is 6.07 Å². The molecule has 3 nitrogen and oxygen atoms in total. The molecular weight excluding hydrogens is 247 g/mol. The van der Waals surface area contributed by atoms with E-state index in [2.05, 4.69) is 4.98 Å². The van der Waals surface area contributed by atoms with Gasteiger partial charge in [0.1, 0.15) is 0 Å². The Morgan fingerprint density at radius 1 is 1.38 bits per heavy atom. The van der Waals surface area contributed by atoms with Crippen LogP contribution in [0.5, 0.6) is 0 Å². The summed E-state index contributed by atoms with van der Waals surface area (Å²) in [6.45, 7) is 0.392. The van der Waals surface area contributed by atoms with Crippen molar-refractivity contribution in [3.63, 3.8) is 0 Å². The molecule has 84 valence electrons. The third-order valence-corrected chi connectivity index (χ3v) is 3.04. The topological polar surface area (TPSA) is 48.1 Å². The summed E-state index contributed by atoms with van der Waals surface area (Å²) in [4.78, 5) is 4.36. The van der Waals surface area contributed by atoms with Crippen molar-refractivity contribution >= 4 is 39.8 Å². The van der Waals surface area contributed by atoms with Crippen molar-refractivity contribution < 1.29 is 4.74 Å². The Balaban J connectivity index is 2.73. The van der Waals surface area contributed by atoms with Crippen molar-refractivity contribution in [1.82, 2.24) is 4.98 Å². The van der Waals surface area contributed by atoms with Crippen LogP contribution in [0.4, 0.5) is 5.69 Å². The minimum absolute atomic E-state index is 0.392. The van der Waals surface area contributed by atoms with Crippen molar-refractivity contribution in [1.29, 1.82) is 0 Å². The third-order valence-electron chi connectivity index (χ3n) is 2.25.